The zero-order chi connectivity index (χ0) is 15.6. The van der Waals surface area contributed by atoms with Crippen LogP contribution < -0.4 is 10.1 Å². The highest BCUT2D eigenvalue weighted by Gasteiger charge is 2.38. The van der Waals surface area contributed by atoms with Gasteiger partial charge in [0.2, 0.25) is 0 Å². The molecule has 3 nitrogen and oxygen atoms in total. The van der Waals surface area contributed by atoms with Crippen molar-refractivity contribution in [3.05, 3.63) is 22.7 Å². The molecule has 0 aliphatic carbocycles. The minimum atomic E-state index is -4.99. The van der Waals surface area contributed by atoms with E-state index in [1.165, 1.54) is 6.07 Å². The van der Waals surface area contributed by atoms with Gasteiger partial charge in [0.25, 0.3) is 0 Å². The summed E-state index contributed by atoms with van der Waals surface area (Å²) in [6, 6.07) is 3.34. The maximum Gasteiger partial charge on any atom is 0.573 e. The molecular weight excluding hydrogens is 360 g/mol. The predicted molar refractivity (Wildman–Crippen MR) is 61.4 cm³/mol. The Morgan fingerprint density at radius 2 is 1.80 bits per heavy atom. The second-order valence-corrected chi connectivity index (χ2v) is 4.54. The Balaban J connectivity index is 2.84. The van der Waals surface area contributed by atoms with Crippen molar-refractivity contribution in [3.63, 3.8) is 0 Å². The molecule has 1 aromatic carbocycles. The average molecular weight is 368 g/mol. The molecule has 20 heavy (non-hydrogen) atoms. The zero-order valence-electron chi connectivity index (χ0n) is 9.52. The van der Waals surface area contributed by atoms with Gasteiger partial charge in [0.05, 0.1) is 5.69 Å². The smallest absolute Gasteiger partial charge is 0.404 e. The minimum absolute atomic E-state index is 0.249. The number of rotatable bonds is 4. The van der Waals surface area contributed by atoms with Crippen molar-refractivity contribution in [3.8, 4) is 5.75 Å². The normalized spacial score (nSPS) is 14.0. The summed E-state index contributed by atoms with van der Waals surface area (Å²) in [4.78, 5) is 0. The summed E-state index contributed by atoms with van der Waals surface area (Å²) in [5.74, 6) is -0.707. The molecule has 2 N–H and O–H groups in total. The van der Waals surface area contributed by atoms with Crippen LogP contribution >= 0.6 is 15.9 Å². The average Bonchev–Trinajstić information content (AvgIpc) is 2.24. The van der Waals surface area contributed by atoms with Crippen LogP contribution in [-0.2, 0) is 0 Å². The topological polar surface area (TPSA) is 41.5 Å². The van der Waals surface area contributed by atoms with E-state index in [2.05, 4.69) is 26.0 Å². The lowest BCUT2D eigenvalue weighted by Crippen LogP contribution is -2.35. The molecule has 10 heteroatoms. The number of anilines is 1. The summed E-state index contributed by atoms with van der Waals surface area (Å²) in [6.07, 6.45) is -12.6. The Bertz CT molecular complexity index is 462. The highest BCUT2D eigenvalue weighted by atomic mass is 79.9. The molecule has 1 unspecified atom stereocenters. The Kier molecular flexibility index (Phi) is 5.14. The number of ether oxygens (including phenoxy) is 1. The first-order chi connectivity index (χ1) is 8.99. The third-order valence-electron chi connectivity index (χ3n) is 2.03. The fraction of sp³-hybridized carbons (Fsp3) is 0.400. The van der Waals surface area contributed by atoms with Gasteiger partial charge >= 0.3 is 12.5 Å². The van der Waals surface area contributed by atoms with E-state index < -0.39 is 30.9 Å². The molecule has 0 aromatic heterocycles. The van der Waals surface area contributed by atoms with Crippen LogP contribution in [0.15, 0.2) is 22.7 Å². The van der Waals surface area contributed by atoms with Gasteiger partial charge in [0.15, 0.2) is 11.9 Å². The summed E-state index contributed by atoms with van der Waals surface area (Å²) >= 11 is 2.91. The molecule has 0 saturated heterocycles. The second-order valence-electron chi connectivity index (χ2n) is 3.63. The SMILES string of the molecule is OC(CNc1ccc(Br)cc1OC(F)(F)F)C(F)(F)F. The highest BCUT2D eigenvalue weighted by molar-refractivity contribution is 9.10. The Hall–Kier alpha value is -1.16. The van der Waals surface area contributed by atoms with E-state index in [-0.39, 0.29) is 10.2 Å². The molecule has 0 amide bonds. The van der Waals surface area contributed by atoms with Crippen molar-refractivity contribution in [2.24, 2.45) is 0 Å². The minimum Gasteiger partial charge on any atom is -0.404 e. The van der Waals surface area contributed by atoms with Crippen LogP contribution in [0.4, 0.5) is 32.0 Å². The van der Waals surface area contributed by atoms with E-state index in [1.54, 1.807) is 0 Å². The van der Waals surface area contributed by atoms with Gasteiger partial charge in [0.1, 0.15) is 0 Å². The van der Waals surface area contributed by atoms with E-state index in [9.17, 15) is 26.3 Å². The first kappa shape index (κ1) is 16.9. The molecule has 1 rings (SSSR count). The molecule has 1 atom stereocenters. The van der Waals surface area contributed by atoms with Gasteiger partial charge in [-0.2, -0.15) is 13.2 Å². The predicted octanol–water partition coefficient (Wildman–Crippen LogP) is 3.68. The van der Waals surface area contributed by atoms with Gasteiger partial charge in [-0.1, -0.05) is 15.9 Å². The number of nitrogens with one attached hydrogen (secondary N) is 1. The van der Waals surface area contributed by atoms with E-state index in [0.29, 0.717) is 0 Å². The molecule has 0 heterocycles. The largest absolute Gasteiger partial charge is 0.573 e. The van der Waals surface area contributed by atoms with Gasteiger partial charge in [-0.3, -0.25) is 0 Å². The maximum absolute atomic E-state index is 12.1. The molecule has 0 radical (unpaired) electrons. The van der Waals surface area contributed by atoms with E-state index in [0.717, 1.165) is 12.1 Å². The first-order valence-corrected chi connectivity index (χ1v) is 5.82. The Morgan fingerprint density at radius 1 is 1.20 bits per heavy atom. The third-order valence-corrected chi connectivity index (χ3v) is 2.53. The molecule has 0 fully saturated rings. The number of benzene rings is 1. The van der Waals surface area contributed by atoms with Gasteiger partial charge in [-0.25, -0.2) is 0 Å². The van der Waals surface area contributed by atoms with Gasteiger partial charge in [-0.15, -0.1) is 13.2 Å². The molecule has 0 aliphatic heterocycles. The summed E-state index contributed by atoms with van der Waals surface area (Å²) in [5, 5.41) is 10.8. The van der Waals surface area contributed by atoms with Gasteiger partial charge < -0.3 is 15.2 Å². The lowest BCUT2D eigenvalue weighted by Gasteiger charge is -2.18. The van der Waals surface area contributed by atoms with Gasteiger partial charge in [-0.05, 0) is 18.2 Å². The molecular formula is C10H8BrF6NO2. The molecule has 0 spiro atoms. The van der Waals surface area contributed by atoms with Crippen LogP contribution in [0.5, 0.6) is 5.75 Å². The summed E-state index contributed by atoms with van der Waals surface area (Å²) in [5.41, 5.74) is -0.325. The van der Waals surface area contributed by atoms with Crippen molar-refractivity contribution in [2.45, 2.75) is 18.6 Å². The highest BCUT2D eigenvalue weighted by Crippen LogP contribution is 2.33. The Morgan fingerprint density at radius 3 is 2.30 bits per heavy atom. The third kappa shape index (κ3) is 5.45. The Labute approximate surface area is 117 Å². The summed E-state index contributed by atoms with van der Waals surface area (Å²) < 4.78 is 76.6. The van der Waals surface area contributed by atoms with E-state index >= 15 is 0 Å². The molecule has 0 saturated carbocycles. The van der Waals surface area contributed by atoms with Crippen LogP contribution in [0.1, 0.15) is 0 Å². The fourth-order valence-corrected chi connectivity index (χ4v) is 1.51. The summed E-state index contributed by atoms with van der Waals surface area (Å²) in [6.45, 7) is -1.00. The number of hydrogen-bond acceptors (Lipinski definition) is 3. The lowest BCUT2D eigenvalue weighted by molar-refractivity contribution is -0.274. The van der Waals surface area contributed by atoms with Crippen LogP contribution in [0, 0.1) is 0 Å². The van der Waals surface area contributed by atoms with Crippen LogP contribution in [-0.4, -0.2) is 30.3 Å². The van der Waals surface area contributed by atoms with E-state index in [1.807, 2.05) is 0 Å². The lowest BCUT2D eigenvalue weighted by atomic mass is 10.2. The van der Waals surface area contributed by atoms with Crippen LogP contribution in [0.3, 0.4) is 0 Å². The van der Waals surface area contributed by atoms with Crippen LogP contribution in [0.2, 0.25) is 0 Å². The number of halogens is 7. The van der Waals surface area contributed by atoms with Crippen molar-refractivity contribution >= 4 is 21.6 Å². The van der Waals surface area contributed by atoms with Crippen molar-refractivity contribution in [1.82, 2.24) is 0 Å². The molecule has 114 valence electrons. The van der Waals surface area contributed by atoms with Crippen molar-refractivity contribution < 1.29 is 36.2 Å². The quantitative estimate of drug-likeness (QED) is 0.797. The summed E-state index contributed by atoms with van der Waals surface area (Å²) in [7, 11) is 0. The number of hydrogen-bond donors (Lipinski definition) is 2. The molecule has 1 aromatic rings. The van der Waals surface area contributed by atoms with Crippen molar-refractivity contribution in [1.29, 1.82) is 0 Å². The number of aliphatic hydroxyl groups is 1. The first-order valence-electron chi connectivity index (χ1n) is 5.03. The van der Waals surface area contributed by atoms with E-state index in [4.69, 9.17) is 5.11 Å². The molecule has 0 aliphatic rings. The zero-order valence-corrected chi connectivity index (χ0v) is 11.1. The number of alkyl halides is 6. The van der Waals surface area contributed by atoms with Crippen molar-refractivity contribution in [2.75, 3.05) is 11.9 Å². The number of aliphatic hydroxyl groups excluding tert-OH is 1. The maximum atomic E-state index is 12.1. The fourth-order valence-electron chi connectivity index (χ4n) is 1.17. The van der Waals surface area contributed by atoms with Crippen LogP contribution in [0.25, 0.3) is 0 Å². The molecule has 0 bridgehead atoms. The standard InChI is InChI=1S/C10H8BrF6NO2/c11-5-1-2-6(7(3-5)20-10(15,16)17)18-4-8(19)9(12,13)14/h1-3,8,18-19H,4H2. The monoisotopic (exact) mass is 367 g/mol. The second kappa shape index (κ2) is 6.08. The van der Waals surface area contributed by atoms with Gasteiger partial charge in [0, 0.05) is 11.0 Å².